The van der Waals surface area contributed by atoms with Gasteiger partial charge in [0.25, 0.3) is 5.56 Å². The lowest BCUT2D eigenvalue weighted by molar-refractivity contribution is -0.117. The van der Waals surface area contributed by atoms with Crippen molar-refractivity contribution in [2.45, 2.75) is 11.7 Å². The number of methoxy groups -OCH3 is 1. The standard InChI is InChI=1S/C18H20N6O4S/c1-3-9-23-15(26)12-6-4-5-7-13(12)24-17(23)21-22-18(24)29-11-14(25)20-16(27)19-8-10-28-2/h3-7H,1,8-11H2,2H3,(H2,19,20,25,27). The summed E-state index contributed by atoms with van der Waals surface area (Å²) in [6, 6.07) is 6.51. The number of para-hydroxylation sites is 1. The minimum atomic E-state index is -0.593. The van der Waals surface area contributed by atoms with Crippen LogP contribution < -0.4 is 16.2 Å². The zero-order valence-electron chi connectivity index (χ0n) is 15.8. The van der Waals surface area contributed by atoms with Crippen molar-refractivity contribution < 1.29 is 14.3 Å². The molecule has 0 saturated heterocycles. The Hall–Kier alpha value is -3.18. The molecule has 11 heteroatoms. The number of hydrogen-bond acceptors (Lipinski definition) is 7. The van der Waals surface area contributed by atoms with E-state index >= 15 is 0 Å². The van der Waals surface area contributed by atoms with Crippen LogP contribution in [-0.4, -0.2) is 57.1 Å². The van der Waals surface area contributed by atoms with Gasteiger partial charge in [0, 0.05) is 20.2 Å². The highest BCUT2D eigenvalue weighted by Gasteiger charge is 2.17. The van der Waals surface area contributed by atoms with Gasteiger partial charge in [0.2, 0.25) is 11.7 Å². The zero-order valence-corrected chi connectivity index (χ0v) is 16.6. The maximum Gasteiger partial charge on any atom is 0.321 e. The molecule has 2 heterocycles. The summed E-state index contributed by atoms with van der Waals surface area (Å²) in [6.45, 7) is 4.60. The second kappa shape index (κ2) is 9.34. The third-order valence-corrected chi connectivity index (χ3v) is 4.90. The second-order valence-electron chi connectivity index (χ2n) is 5.93. The Kier molecular flexibility index (Phi) is 6.62. The molecule has 2 N–H and O–H groups in total. The minimum absolute atomic E-state index is 0.0482. The van der Waals surface area contributed by atoms with E-state index in [1.165, 1.54) is 11.7 Å². The predicted octanol–water partition coefficient (Wildman–Crippen LogP) is 0.794. The molecule has 0 bridgehead atoms. The summed E-state index contributed by atoms with van der Waals surface area (Å²) < 4.78 is 8.01. The Bertz CT molecular complexity index is 1120. The van der Waals surface area contributed by atoms with Crippen LogP contribution in [0, 0.1) is 0 Å². The van der Waals surface area contributed by atoms with Crippen molar-refractivity contribution in [2.75, 3.05) is 26.0 Å². The molecule has 0 atom stereocenters. The van der Waals surface area contributed by atoms with E-state index in [9.17, 15) is 14.4 Å². The molecule has 152 valence electrons. The maximum absolute atomic E-state index is 12.7. The number of nitrogens with zero attached hydrogens (tertiary/aromatic N) is 4. The highest BCUT2D eigenvalue weighted by Crippen LogP contribution is 2.21. The smallest absolute Gasteiger partial charge is 0.321 e. The van der Waals surface area contributed by atoms with Gasteiger partial charge in [-0.3, -0.25) is 23.9 Å². The number of benzene rings is 1. The molecule has 0 unspecified atom stereocenters. The number of nitrogens with one attached hydrogen (secondary N) is 2. The SMILES string of the molecule is C=CCn1c(=O)c2ccccc2n2c(SCC(=O)NC(=O)NCCOC)nnc12. The number of rotatable bonds is 8. The van der Waals surface area contributed by atoms with E-state index in [1.807, 2.05) is 6.07 Å². The molecule has 3 amide bonds. The fourth-order valence-corrected chi connectivity index (χ4v) is 3.46. The summed E-state index contributed by atoms with van der Waals surface area (Å²) in [4.78, 5) is 36.4. The van der Waals surface area contributed by atoms with E-state index in [2.05, 4.69) is 27.4 Å². The van der Waals surface area contributed by atoms with Gasteiger partial charge in [-0.15, -0.1) is 16.8 Å². The highest BCUT2D eigenvalue weighted by molar-refractivity contribution is 7.99. The van der Waals surface area contributed by atoms with E-state index in [4.69, 9.17) is 4.74 Å². The van der Waals surface area contributed by atoms with Gasteiger partial charge in [-0.2, -0.15) is 0 Å². The molecule has 3 rings (SSSR count). The molecule has 1 aromatic carbocycles. The first kappa shape index (κ1) is 20.6. The fraction of sp³-hybridized carbons (Fsp3) is 0.278. The van der Waals surface area contributed by atoms with Crippen LogP contribution in [0.1, 0.15) is 0 Å². The molecule has 0 aliphatic heterocycles. The van der Waals surface area contributed by atoms with Crippen LogP contribution in [0.2, 0.25) is 0 Å². The highest BCUT2D eigenvalue weighted by atomic mass is 32.2. The average Bonchev–Trinajstić information content (AvgIpc) is 3.14. The summed E-state index contributed by atoms with van der Waals surface area (Å²) in [7, 11) is 1.52. The van der Waals surface area contributed by atoms with Crippen LogP contribution in [0.5, 0.6) is 0 Å². The van der Waals surface area contributed by atoms with Crippen molar-refractivity contribution in [2.24, 2.45) is 0 Å². The number of hydrogen-bond donors (Lipinski definition) is 2. The van der Waals surface area contributed by atoms with Gasteiger partial charge in [0.1, 0.15) is 0 Å². The third kappa shape index (κ3) is 4.46. The molecule has 0 fully saturated rings. The summed E-state index contributed by atoms with van der Waals surface area (Å²) >= 11 is 1.11. The molecule has 0 saturated carbocycles. The number of thioether (sulfide) groups is 1. The van der Waals surface area contributed by atoms with Crippen LogP contribution in [0.25, 0.3) is 16.7 Å². The number of carbonyl (C=O) groups excluding carboxylic acids is 2. The number of fused-ring (bicyclic) bond motifs is 3. The van der Waals surface area contributed by atoms with Crippen LogP contribution in [-0.2, 0) is 16.1 Å². The molecule has 0 radical (unpaired) electrons. The fourth-order valence-electron chi connectivity index (χ4n) is 2.72. The van der Waals surface area contributed by atoms with E-state index in [0.29, 0.717) is 35.0 Å². The van der Waals surface area contributed by atoms with Crippen molar-refractivity contribution in [3.8, 4) is 0 Å². The molecule has 0 aliphatic rings. The largest absolute Gasteiger partial charge is 0.383 e. The van der Waals surface area contributed by atoms with Gasteiger partial charge in [-0.1, -0.05) is 30.0 Å². The van der Waals surface area contributed by atoms with E-state index in [-0.39, 0.29) is 17.9 Å². The Balaban J connectivity index is 1.84. The zero-order chi connectivity index (χ0) is 20.8. The van der Waals surface area contributed by atoms with E-state index < -0.39 is 11.9 Å². The normalized spacial score (nSPS) is 10.9. The lowest BCUT2D eigenvalue weighted by Crippen LogP contribution is -2.41. The molecule has 2 aromatic heterocycles. The van der Waals surface area contributed by atoms with E-state index in [1.54, 1.807) is 28.7 Å². The lowest BCUT2D eigenvalue weighted by atomic mass is 10.2. The number of imide groups is 1. The molecular weight excluding hydrogens is 396 g/mol. The third-order valence-electron chi connectivity index (χ3n) is 3.97. The molecular formula is C18H20N6O4S. The number of amides is 3. The van der Waals surface area contributed by atoms with Crippen LogP contribution >= 0.6 is 11.8 Å². The summed E-state index contributed by atoms with van der Waals surface area (Å²) in [5.74, 6) is -0.174. The Morgan fingerprint density at radius 3 is 2.86 bits per heavy atom. The molecule has 0 spiro atoms. The average molecular weight is 416 g/mol. The van der Waals surface area contributed by atoms with Crippen molar-refractivity contribution in [3.63, 3.8) is 0 Å². The van der Waals surface area contributed by atoms with Gasteiger partial charge >= 0.3 is 6.03 Å². The number of ether oxygens (including phenoxy) is 1. The summed E-state index contributed by atoms with van der Waals surface area (Å²) in [6.07, 6.45) is 1.60. The first-order valence-corrected chi connectivity index (χ1v) is 9.72. The maximum atomic E-state index is 12.7. The van der Waals surface area contributed by atoms with Crippen LogP contribution in [0.4, 0.5) is 4.79 Å². The van der Waals surface area contributed by atoms with Gasteiger partial charge < -0.3 is 10.1 Å². The van der Waals surface area contributed by atoms with E-state index in [0.717, 1.165) is 11.8 Å². The molecule has 10 nitrogen and oxygen atoms in total. The van der Waals surface area contributed by atoms with Gasteiger partial charge in [0.05, 0.1) is 23.3 Å². The number of aromatic nitrogens is 4. The van der Waals surface area contributed by atoms with Gasteiger partial charge in [0.15, 0.2) is 5.16 Å². The predicted molar refractivity (Wildman–Crippen MR) is 109 cm³/mol. The molecule has 29 heavy (non-hydrogen) atoms. The monoisotopic (exact) mass is 416 g/mol. The van der Waals surface area contributed by atoms with Crippen molar-refractivity contribution >= 4 is 40.4 Å². The van der Waals surface area contributed by atoms with Crippen molar-refractivity contribution in [1.29, 1.82) is 0 Å². The first-order valence-electron chi connectivity index (χ1n) is 8.73. The topological polar surface area (TPSA) is 120 Å². The molecule has 3 aromatic rings. The summed E-state index contributed by atoms with van der Waals surface area (Å²) in [5.41, 5.74) is 0.445. The lowest BCUT2D eigenvalue weighted by Gasteiger charge is -2.09. The Morgan fingerprint density at radius 2 is 2.10 bits per heavy atom. The van der Waals surface area contributed by atoms with Crippen LogP contribution in [0.3, 0.4) is 0 Å². The second-order valence-corrected chi connectivity index (χ2v) is 6.87. The Morgan fingerprint density at radius 1 is 1.31 bits per heavy atom. The Labute approximate surface area is 169 Å². The van der Waals surface area contributed by atoms with Gasteiger partial charge in [-0.05, 0) is 12.1 Å². The summed E-state index contributed by atoms with van der Waals surface area (Å²) in [5, 5.41) is 13.9. The van der Waals surface area contributed by atoms with Crippen molar-refractivity contribution in [3.05, 3.63) is 47.3 Å². The van der Waals surface area contributed by atoms with Crippen LogP contribution in [0.15, 0.2) is 46.9 Å². The molecule has 0 aliphatic carbocycles. The van der Waals surface area contributed by atoms with Crippen molar-refractivity contribution in [1.82, 2.24) is 29.8 Å². The minimum Gasteiger partial charge on any atom is -0.383 e. The quantitative estimate of drug-likeness (QED) is 0.317. The first-order chi connectivity index (χ1) is 14.1. The van der Waals surface area contributed by atoms with Gasteiger partial charge in [-0.25, -0.2) is 4.79 Å². The number of urea groups is 1. The number of carbonyl (C=O) groups is 2. The number of allylic oxidation sites excluding steroid dienone is 1.